The fourth-order valence-corrected chi connectivity index (χ4v) is 2.23. The summed E-state index contributed by atoms with van der Waals surface area (Å²) in [7, 11) is 1.29. The topological polar surface area (TPSA) is 85.6 Å². The SMILES string of the molecule is COC(=O)c1ccccc1NC(=O)c1ccn2c(C)nnc2c1. The molecular formula is C16H14N4O3. The molecule has 0 radical (unpaired) electrons. The molecule has 0 saturated carbocycles. The van der Waals surface area contributed by atoms with Gasteiger partial charge in [0, 0.05) is 11.8 Å². The Morgan fingerprint density at radius 1 is 1.17 bits per heavy atom. The Balaban J connectivity index is 1.90. The summed E-state index contributed by atoms with van der Waals surface area (Å²) in [4.78, 5) is 24.1. The summed E-state index contributed by atoms with van der Waals surface area (Å²) >= 11 is 0. The summed E-state index contributed by atoms with van der Waals surface area (Å²) in [5, 5.41) is 10.7. The van der Waals surface area contributed by atoms with E-state index in [4.69, 9.17) is 4.74 Å². The maximum absolute atomic E-state index is 12.4. The quantitative estimate of drug-likeness (QED) is 0.749. The molecule has 116 valence electrons. The molecule has 0 aliphatic carbocycles. The highest BCUT2D eigenvalue weighted by Gasteiger charge is 2.15. The van der Waals surface area contributed by atoms with E-state index in [1.54, 1.807) is 47.0 Å². The maximum atomic E-state index is 12.4. The molecule has 1 N–H and O–H groups in total. The number of aromatic nitrogens is 3. The maximum Gasteiger partial charge on any atom is 0.339 e. The number of ether oxygens (including phenoxy) is 1. The van der Waals surface area contributed by atoms with Gasteiger partial charge in [-0.15, -0.1) is 10.2 Å². The van der Waals surface area contributed by atoms with Crippen molar-refractivity contribution in [2.75, 3.05) is 12.4 Å². The van der Waals surface area contributed by atoms with Crippen LogP contribution in [0.15, 0.2) is 42.6 Å². The molecule has 0 atom stereocenters. The average molecular weight is 310 g/mol. The van der Waals surface area contributed by atoms with Crippen LogP contribution in [0.2, 0.25) is 0 Å². The normalized spacial score (nSPS) is 10.5. The van der Waals surface area contributed by atoms with Crippen molar-refractivity contribution < 1.29 is 14.3 Å². The number of esters is 1. The van der Waals surface area contributed by atoms with Crippen molar-refractivity contribution in [2.45, 2.75) is 6.92 Å². The van der Waals surface area contributed by atoms with Crippen molar-refractivity contribution in [2.24, 2.45) is 0 Å². The Bertz CT molecular complexity index is 901. The van der Waals surface area contributed by atoms with Gasteiger partial charge in [0.25, 0.3) is 5.91 Å². The number of nitrogens with one attached hydrogen (secondary N) is 1. The van der Waals surface area contributed by atoms with Gasteiger partial charge in [-0.2, -0.15) is 0 Å². The van der Waals surface area contributed by atoms with Gasteiger partial charge >= 0.3 is 5.97 Å². The highest BCUT2D eigenvalue weighted by Crippen LogP contribution is 2.17. The lowest BCUT2D eigenvalue weighted by Crippen LogP contribution is -2.15. The monoisotopic (exact) mass is 310 g/mol. The zero-order valence-electron chi connectivity index (χ0n) is 12.6. The van der Waals surface area contributed by atoms with Crippen molar-refractivity contribution in [1.82, 2.24) is 14.6 Å². The molecule has 0 saturated heterocycles. The summed E-state index contributed by atoms with van der Waals surface area (Å²) in [6, 6.07) is 9.96. The van der Waals surface area contributed by atoms with Gasteiger partial charge in [-0.3, -0.25) is 9.20 Å². The van der Waals surface area contributed by atoms with E-state index in [2.05, 4.69) is 15.5 Å². The summed E-state index contributed by atoms with van der Waals surface area (Å²) in [5.74, 6) is -0.114. The smallest absolute Gasteiger partial charge is 0.339 e. The van der Waals surface area contributed by atoms with Crippen LogP contribution in [-0.4, -0.2) is 33.6 Å². The van der Waals surface area contributed by atoms with Gasteiger partial charge in [-0.05, 0) is 31.2 Å². The molecule has 0 fully saturated rings. The Kier molecular flexibility index (Phi) is 3.76. The minimum atomic E-state index is -0.510. The largest absolute Gasteiger partial charge is 0.465 e. The highest BCUT2D eigenvalue weighted by molar-refractivity contribution is 6.08. The number of nitrogens with zero attached hydrogens (tertiary/aromatic N) is 3. The lowest BCUT2D eigenvalue weighted by Gasteiger charge is -2.09. The molecule has 0 unspecified atom stereocenters. The van der Waals surface area contributed by atoms with Gasteiger partial charge in [-0.25, -0.2) is 4.79 Å². The third-order valence-electron chi connectivity index (χ3n) is 3.42. The molecule has 0 aliphatic heterocycles. The van der Waals surface area contributed by atoms with Crippen LogP contribution in [0.4, 0.5) is 5.69 Å². The van der Waals surface area contributed by atoms with Gasteiger partial charge in [0.05, 0.1) is 18.4 Å². The first-order valence-electron chi connectivity index (χ1n) is 6.90. The van der Waals surface area contributed by atoms with E-state index in [0.29, 0.717) is 22.5 Å². The molecule has 2 aromatic heterocycles. The van der Waals surface area contributed by atoms with Crippen molar-refractivity contribution in [3.05, 3.63) is 59.5 Å². The van der Waals surface area contributed by atoms with Crippen LogP contribution < -0.4 is 5.32 Å². The number of amides is 1. The number of carbonyl (C=O) groups is 2. The van der Waals surface area contributed by atoms with Crippen molar-refractivity contribution >= 4 is 23.2 Å². The predicted molar refractivity (Wildman–Crippen MR) is 83.5 cm³/mol. The van der Waals surface area contributed by atoms with Crippen LogP contribution >= 0.6 is 0 Å². The summed E-state index contributed by atoms with van der Waals surface area (Å²) in [5.41, 5.74) is 1.69. The lowest BCUT2D eigenvalue weighted by molar-refractivity contribution is 0.0602. The van der Waals surface area contributed by atoms with Crippen LogP contribution in [-0.2, 0) is 4.74 Å². The standard InChI is InChI=1S/C16H14N4O3/c1-10-18-19-14-9-11(7-8-20(10)14)15(21)17-13-6-4-3-5-12(13)16(22)23-2/h3-9H,1-2H3,(H,17,21). The molecule has 3 rings (SSSR count). The van der Waals surface area contributed by atoms with E-state index in [1.807, 2.05) is 6.92 Å². The zero-order valence-corrected chi connectivity index (χ0v) is 12.6. The minimum Gasteiger partial charge on any atom is -0.465 e. The number of benzene rings is 1. The number of fused-ring (bicyclic) bond motifs is 1. The number of hydrogen-bond donors (Lipinski definition) is 1. The van der Waals surface area contributed by atoms with E-state index in [0.717, 1.165) is 5.82 Å². The number of para-hydroxylation sites is 1. The fourth-order valence-electron chi connectivity index (χ4n) is 2.23. The second kappa shape index (κ2) is 5.88. The summed E-state index contributed by atoms with van der Waals surface area (Å²) in [6.45, 7) is 1.83. The first kappa shape index (κ1) is 14.7. The van der Waals surface area contributed by atoms with Crippen LogP contribution in [0.25, 0.3) is 5.65 Å². The number of aryl methyl sites for hydroxylation is 1. The molecule has 0 bridgehead atoms. The number of hydrogen-bond acceptors (Lipinski definition) is 5. The van der Waals surface area contributed by atoms with Crippen LogP contribution in [0.3, 0.4) is 0 Å². The number of rotatable bonds is 3. The van der Waals surface area contributed by atoms with E-state index in [9.17, 15) is 9.59 Å². The Morgan fingerprint density at radius 3 is 2.74 bits per heavy atom. The molecule has 0 aliphatic rings. The molecule has 2 heterocycles. The van der Waals surface area contributed by atoms with Gasteiger partial charge < -0.3 is 10.1 Å². The second-order valence-electron chi connectivity index (χ2n) is 4.88. The third-order valence-corrected chi connectivity index (χ3v) is 3.42. The van der Waals surface area contributed by atoms with Gasteiger partial charge in [0.1, 0.15) is 5.82 Å². The van der Waals surface area contributed by atoms with E-state index >= 15 is 0 Å². The highest BCUT2D eigenvalue weighted by atomic mass is 16.5. The molecule has 3 aromatic rings. The van der Waals surface area contributed by atoms with E-state index < -0.39 is 5.97 Å². The first-order chi connectivity index (χ1) is 11.1. The van der Waals surface area contributed by atoms with Gasteiger partial charge in [-0.1, -0.05) is 12.1 Å². The lowest BCUT2D eigenvalue weighted by atomic mass is 10.1. The molecule has 0 spiro atoms. The molecular weight excluding hydrogens is 296 g/mol. The van der Waals surface area contributed by atoms with Crippen molar-refractivity contribution in [1.29, 1.82) is 0 Å². The Hall–Kier alpha value is -3.22. The molecule has 23 heavy (non-hydrogen) atoms. The van der Waals surface area contributed by atoms with Gasteiger partial charge in [0.15, 0.2) is 5.65 Å². The van der Waals surface area contributed by atoms with Crippen LogP contribution in [0.5, 0.6) is 0 Å². The number of anilines is 1. The summed E-state index contributed by atoms with van der Waals surface area (Å²) < 4.78 is 6.49. The van der Waals surface area contributed by atoms with E-state index in [1.165, 1.54) is 7.11 Å². The Labute approximate surface area is 131 Å². The number of pyridine rings is 1. The van der Waals surface area contributed by atoms with E-state index in [-0.39, 0.29) is 5.91 Å². The molecule has 1 amide bonds. The van der Waals surface area contributed by atoms with Crippen molar-refractivity contribution in [3.63, 3.8) is 0 Å². The fraction of sp³-hybridized carbons (Fsp3) is 0.125. The molecule has 1 aromatic carbocycles. The number of methoxy groups -OCH3 is 1. The summed E-state index contributed by atoms with van der Waals surface area (Å²) in [6.07, 6.45) is 1.73. The zero-order chi connectivity index (χ0) is 16.4. The predicted octanol–water partition coefficient (Wildman–Crippen LogP) is 2.08. The first-order valence-corrected chi connectivity index (χ1v) is 6.90. The van der Waals surface area contributed by atoms with Crippen molar-refractivity contribution in [3.8, 4) is 0 Å². The van der Waals surface area contributed by atoms with Crippen LogP contribution in [0.1, 0.15) is 26.5 Å². The van der Waals surface area contributed by atoms with Gasteiger partial charge in [0.2, 0.25) is 0 Å². The average Bonchev–Trinajstić information content (AvgIpc) is 2.95. The second-order valence-corrected chi connectivity index (χ2v) is 4.88. The number of carbonyl (C=O) groups excluding carboxylic acids is 2. The van der Waals surface area contributed by atoms with Crippen LogP contribution in [0, 0.1) is 6.92 Å². The third kappa shape index (κ3) is 2.76. The molecule has 7 heteroatoms. The molecule has 7 nitrogen and oxygen atoms in total. The Morgan fingerprint density at radius 2 is 1.96 bits per heavy atom. The minimum absolute atomic E-state index is 0.294.